The second-order valence-corrected chi connectivity index (χ2v) is 5.69. The van der Waals surface area contributed by atoms with Gasteiger partial charge in [-0.05, 0) is 40.5 Å². The van der Waals surface area contributed by atoms with E-state index in [1.807, 2.05) is 25.1 Å². The molecule has 1 aliphatic heterocycles. The highest BCUT2D eigenvalue weighted by Gasteiger charge is 2.21. The maximum absolute atomic E-state index is 12.1. The molecule has 1 saturated heterocycles. The summed E-state index contributed by atoms with van der Waals surface area (Å²) in [4.78, 5) is 12.1. The van der Waals surface area contributed by atoms with Crippen molar-refractivity contribution in [1.82, 2.24) is 20.3 Å². The third kappa shape index (κ3) is 2.59. The lowest BCUT2D eigenvalue weighted by molar-refractivity contribution is 0.102. The Labute approximate surface area is 124 Å². The van der Waals surface area contributed by atoms with Crippen LogP contribution in [-0.4, -0.2) is 34.0 Å². The quantitative estimate of drug-likeness (QED) is 0.896. The highest BCUT2D eigenvalue weighted by atomic mass is 79.9. The van der Waals surface area contributed by atoms with Gasteiger partial charge in [-0.3, -0.25) is 4.79 Å². The average Bonchev–Trinajstić information content (AvgIpc) is 2.80. The summed E-state index contributed by atoms with van der Waals surface area (Å²) in [6.07, 6.45) is 1.68. The van der Waals surface area contributed by atoms with Gasteiger partial charge in [-0.25, -0.2) is 4.68 Å². The van der Waals surface area contributed by atoms with Gasteiger partial charge >= 0.3 is 0 Å². The van der Waals surface area contributed by atoms with Crippen LogP contribution in [0.25, 0.3) is 0 Å². The fourth-order valence-electron chi connectivity index (χ4n) is 1.93. The Hall–Kier alpha value is -1.73. The number of aromatic nitrogens is 3. The maximum atomic E-state index is 12.1. The summed E-state index contributed by atoms with van der Waals surface area (Å²) in [5, 5.41) is 13.9. The smallest absolute Gasteiger partial charge is 0.277 e. The molecule has 1 aliphatic rings. The van der Waals surface area contributed by atoms with Crippen molar-refractivity contribution in [3.8, 4) is 0 Å². The normalized spacial score (nSPS) is 14.9. The van der Waals surface area contributed by atoms with Gasteiger partial charge in [0.25, 0.3) is 5.91 Å². The van der Waals surface area contributed by atoms with E-state index in [2.05, 4.69) is 36.9 Å². The van der Waals surface area contributed by atoms with Gasteiger partial charge in [0, 0.05) is 17.6 Å². The van der Waals surface area contributed by atoms with Gasteiger partial charge in [0.05, 0.1) is 17.9 Å². The Morgan fingerprint density at radius 3 is 2.95 bits per heavy atom. The van der Waals surface area contributed by atoms with Gasteiger partial charge in [0.15, 0.2) is 5.69 Å². The molecule has 7 heteroatoms. The first-order chi connectivity index (χ1) is 9.63. The summed E-state index contributed by atoms with van der Waals surface area (Å²) < 4.78 is 2.58. The van der Waals surface area contributed by atoms with Crippen LogP contribution in [0, 0.1) is 6.92 Å². The topological polar surface area (TPSA) is 71.8 Å². The Morgan fingerprint density at radius 2 is 2.30 bits per heavy atom. The lowest BCUT2D eigenvalue weighted by Gasteiger charge is -2.26. The van der Waals surface area contributed by atoms with E-state index in [0.717, 1.165) is 28.8 Å². The van der Waals surface area contributed by atoms with E-state index in [9.17, 15) is 4.79 Å². The van der Waals surface area contributed by atoms with Crippen molar-refractivity contribution in [2.75, 3.05) is 18.4 Å². The summed E-state index contributed by atoms with van der Waals surface area (Å²) in [6.45, 7) is 3.73. The van der Waals surface area contributed by atoms with Crippen molar-refractivity contribution in [2.45, 2.75) is 13.0 Å². The van der Waals surface area contributed by atoms with Gasteiger partial charge in [-0.2, -0.15) is 0 Å². The molecule has 0 aliphatic carbocycles. The maximum Gasteiger partial charge on any atom is 0.277 e. The molecular weight excluding hydrogens is 322 g/mol. The third-order valence-corrected chi connectivity index (χ3v) is 3.91. The number of aryl methyl sites for hydroxylation is 1. The number of anilines is 1. The van der Waals surface area contributed by atoms with Gasteiger partial charge in [-0.15, -0.1) is 5.10 Å². The number of rotatable bonds is 3. The molecule has 2 heterocycles. The molecule has 1 fully saturated rings. The highest BCUT2D eigenvalue weighted by Crippen LogP contribution is 2.23. The molecule has 0 saturated carbocycles. The first-order valence-corrected chi connectivity index (χ1v) is 7.13. The summed E-state index contributed by atoms with van der Waals surface area (Å²) in [5.41, 5.74) is 2.17. The van der Waals surface area contributed by atoms with Gasteiger partial charge in [-0.1, -0.05) is 11.3 Å². The number of halogens is 1. The molecule has 2 N–H and O–H groups in total. The lowest BCUT2D eigenvalue weighted by Crippen LogP contribution is -2.43. The Bertz CT molecular complexity index is 650. The van der Waals surface area contributed by atoms with E-state index < -0.39 is 0 Å². The zero-order chi connectivity index (χ0) is 14.1. The molecule has 1 aromatic carbocycles. The van der Waals surface area contributed by atoms with Crippen LogP contribution in [0.2, 0.25) is 0 Å². The second kappa shape index (κ2) is 5.34. The molecule has 104 valence electrons. The van der Waals surface area contributed by atoms with E-state index in [4.69, 9.17) is 0 Å². The van der Waals surface area contributed by atoms with E-state index >= 15 is 0 Å². The SMILES string of the molecule is Cc1ccc(NC(=O)c2cn(C3CNC3)nn2)c(Br)c1. The summed E-state index contributed by atoms with van der Waals surface area (Å²) in [6, 6.07) is 6.05. The number of benzene rings is 1. The van der Waals surface area contributed by atoms with Crippen LogP contribution in [0.4, 0.5) is 5.69 Å². The lowest BCUT2D eigenvalue weighted by atomic mass is 10.2. The number of nitrogens with one attached hydrogen (secondary N) is 2. The van der Waals surface area contributed by atoms with Gasteiger partial charge in [0.2, 0.25) is 0 Å². The van der Waals surface area contributed by atoms with Crippen LogP contribution in [0.1, 0.15) is 22.1 Å². The Morgan fingerprint density at radius 1 is 1.50 bits per heavy atom. The molecule has 20 heavy (non-hydrogen) atoms. The highest BCUT2D eigenvalue weighted by molar-refractivity contribution is 9.10. The molecule has 6 nitrogen and oxygen atoms in total. The largest absolute Gasteiger partial charge is 0.319 e. The average molecular weight is 336 g/mol. The van der Waals surface area contributed by atoms with Crippen LogP contribution in [0.5, 0.6) is 0 Å². The minimum absolute atomic E-state index is 0.256. The molecule has 1 amide bonds. The third-order valence-electron chi connectivity index (χ3n) is 3.25. The van der Waals surface area contributed by atoms with Crippen molar-refractivity contribution in [2.24, 2.45) is 0 Å². The minimum Gasteiger partial charge on any atom is -0.319 e. The predicted molar refractivity (Wildman–Crippen MR) is 78.8 cm³/mol. The van der Waals surface area contributed by atoms with Gasteiger partial charge in [0.1, 0.15) is 0 Å². The standard InChI is InChI=1S/C13H14BrN5O/c1-8-2-3-11(10(14)4-8)16-13(20)12-7-19(18-17-12)9-5-15-6-9/h2-4,7,9,15H,5-6H2,1H3,(H,16,20). The van der Waals surface area contributed by atoms with Crippen molar-refractivity contribution < 1.29 is 4.79 Å². The molecule has 0 radical (unpaired) electrons. The van der Waals surface area contributed by atoms with Crippen LogP contribution >= 0.6 is 15.9 Å². The summed E-state index contributed by atoms with van der Waals surface area (Å²) in [7, 11) is 0. The molecule has 0 spiro atoms. The molecular formula is C13H14BrN5O. The predicted octanol–water partition coefficient (Wildman–Crippen LogP) is 1.75. The zero-order valence-electron chi connectivity index (χ0n) is 10.9. The van der Waals surface area contributed by atoms with Crippen LogP contribution in [-0.2, 0) is 0 Å². The van der Waals surface area contributed by atoms with Gasteiger partial charge < -0.3 is 10.6 Å². The number of hydrogen-bond donors (Lipinski definition) is 2. The Kier molecular flexibility index (Phi) is 3.54. The van der Waals surface area contributed by atoms with Crippen LogP contribution in [0.3, 0.4) is 0 Å². The van der Waals surface area contributed by atoms with E-state index in [-0.39, 0.29) is 5.91 Å². The van der Waals surface area contributed by atoms with Crippen molar-refractivity contribution >= 4 is 27.5 Å². The number of carbonyl (C=O) groups is 1. The monoisotopic (exact) mass is 335 g/mol. The van der Waals surface area contributed by atoms with Crippen molar-refractivity contribution in [3.05, 3.63) is 40.1 Å². The molecule has 0 bridgehead atoms. The number of hydrogen-bond acceptors (Lipinski definition) is 4. The van der Waals surface area contributed by atoms with Crippen molar-refractivity contribution in [3.63, 3.8) is 0 Å². The molecule has 0 unspecified atom stereocenters. The van der Waals surface area contributed by atoms with Crippen molar-refractivity contribution in [1.29, 1.82) is 0 Å². The fraction of sp³-hybridized carbons (Fsp3) is 0.308. The fourth-order valence-corrected chi connectivity index (χ4v) is 2.52. The van der Waals surface area contributed by atoms with Crippen LogP contribution in [0.15, 0.2) is 28.9 Å². The zero-order valence-corrected chi connectivity index (χ0v) is 12.5. The number of amides is 1. The van der Waals surface area contributed by atoms with Crippen LogP contribution < -0.4 is 10.6 Å². The first kappa shape index (κ1) is 13.3. The van der Waals surface area contributed by atoms with E-state index in [1.54, 1.807) is 10.9 Å². The van der Waals surface area contributed by atoms with E-state index in [1.165, 1.54) is 0 Å². The number of nitrogens with zero attached hydrogens (tertiary/aromatic N) is 3. The molecule has 1 aromatic heterocycles. The molecule has 2 aromatic rings. The second-order valence-electron chi connectivity index (χ2n) is 4.83. The molecule has 0 atom stereocenters. The molecule has 3 rings (SSSR count). The minimum atomic E-state index is -0.256. The summed E-state index contributed by atoms with van der Waals surface area (Å²) >= 11 is 3.43. The number of carbonyl (C=O) groups excluding carboxylic acids is 1. The first-order valence-electron chi connectivity index (χ1n) is 6.33. The Balaban J connectivity index is 1.73. The van der Waals surface area contributed by atoms with E-state index in [0.29, 0.717) is 11.7 Å². The summed E-state index contributed by atoms with van der Waals surface area (Å²) in [5.74, 6) is -0.256.